The monoisotopic (exact) mass is 783 g/mol. The molecule has 0 spiro atoms. The van der Waals surface area contributed by atoms with Crippen LogP contribution in [0, 0.1) is 0 Å². The lowest BCUT2D eigenvalue weighted by molar-refractivity contribution is -0.133. The lowest BCUT2D eigenvalue weighted by Crippen LogP contribution is -2.45. The second-order valence-corrected chi connectivity index (χ2v) is 16.7. The van der Waals surface area contributed by atoms with Crippen molar-refractivity contribution < 1.29 is 47.0 Å². The molecule has 0 unspecified atom stereocenters. The first-order valence-corrected chi connectivity index (χ1v) is 21.6. The summed E-state index contributed by atoms with van der Waals surface area (Å²) >= 11 is 0. The van der Waals surface area contributed by atoms with Crippen molar-refractivity contribution in [3.05, 3.63) is 29.3 Å². The number of alkyl carbamates (subject to hydrolysis) is 1. The second-order valence-electron chi connectivity index (χ2n) is 14.6. The van der Waals surface area contributed by atoms with Crippen LogP contribution in [0.1, 0.15) is 141 Å². The van der Waals surface area contributed by atoms with Gasteiger partial charge in [0, 0.05) is 13.6 Å². The predicted molar refractivity (Wildman–Crippen MR) is 212 cm³/mol. The first-order valence-electron chi connectivity index (χ1n) is 19.9. The van der Waals surface area contributed by atoms with Gasteiger partial charge in [-0.1, -0.05) is 70.8 Å². The van der Waals surface area contributed by atoms with Gasteiger partial charge in [0.2, 0.25) is 11.8 Å². The highest BCUT2D eigenvalue weighted by Crippen LogP contribution is 2.47. The number of carbonyl (C=O) groups excluding carboxylic acids is 4. The molecule has 54 heavy (non-hydrogen) atoms. The highest BCUT2D eigenvalue weighted by Gasteiger charge is 2.30. The third-order valence-corrected chi connectivity index (χ3v) is 10.5. The van der Waals surface area contributed by atoms with Crippen LogP contribution in [0.4, 0.5) is 4.79 Å². The molecule has 0 fully saturated rings. The van der Waals surface area contributed by atoms with Gasteiger partial charge in [-0.3, -0.25) is 14.2 Å². The number of hydrogen-bond acceptors (Lipinski definition) is 10. The number of amides is 3. The Morgan fingerprint density at radius 1 is 0.852 bits per heavy atom. The molecular weight excluding hydrogens is 713 g/mol. The van der Waals surface area contributed by atoms with Crippen LogP contribution in [-0.2, 0) is 39.1 Å². The minimum absolute atomic E-state index is 0.0402. The van der Waals surface area contributed by atoms with Crippen molar-refractivity contribution in [2.75, 3.05) is 53.2 Å². The van der Waals surface area contributed by atoms with Crippen molar-refractivity contribution in [2.24, 2.45) is 0 Å². The van der Waals surface area contributed by atoms with Crippen molar-refractivity contribution in [1.82, 2.24) is 15.5 Å². The minimum atomic E-state index is -3.64. The van der Waals surface area contributed by atoms with E-state index in [1.54, 1.807) is 40.7 Å². The Labute approximate surface area is 324 Å². The maximum Gasteiger partial charge on any atom is 0.407 e. The van der Waals surface area contributed by atoms with Crippen molar-refractivity contribution >= 4 is 31.5 Å². The summed E-state index contributed by atoms with van der Waals surface area (Å²) in [5.74, 6) is -1.16. The molecule has 0 aromatic heterocycles. The fourth-order valence-corrected chi connectivity index (χ4v) is 7.35. The summed E-state index contributed by atoms with van der Waals surface area (Å²) in [5, 5.41) is 5.69. The molecule has 1 atom stereocenters. The molecule has 0 bridgehead atoms. The molecular formula is C40H70N3O10P. The van der Waals surface area contributed by atoms with Crippen molar-refractivity contribution in [2.45, 2.75) is 143 Å². The number of aryl methyl sites for hydroxylation is 1. The molecule has 310 valence electrons. The average molecular weight is 784 g/mol. The third-order valence-electron chi connectivity index (χ3n) is 8.51. The van der Waals surface area contributed by atoms with Crippen LogP contribution < -0.4 is 15.4 Å². The standard InChI is InChI=1S/C40H70N3O10P/c1-9-12-13-14-15-16-17-18-19-20-23-32-25-26-34(38(46)49-8)35(28-32)50-30-33(24-21-22-27-41-39(47)53-40(4,5)6)42-36(44)29-43(7)37(45)31-54(48,51-10-2)52-11-3/h25-26,28,33H,9-24,27,29-31H2,1-8H3,(H,41,47)(H,42,44)/t33-/m0/s1. The minimum Gasteiger partial charge on any atom is -0.491 e. The maximum atomic E-state index is 13.2. The van der Waals surface area contributed by atoms with E-state index in [9.17, 15) is 23.7 Å². The quantitative estimate of drug-likeness (QED) is 0.0461. The predicted octanol–water partition coefficient (Wildman–Crippen LogP) is 8.22. The van der Waals surface area contributed by atoms with E-state index in [0.717, 1.165) is 24.8 Å². The van der Waals surface area contributed by atoms with E-state index in [1.807, 2.05) is 12.1 Å². The number of methoxy groups -OCH3 is 1. The van der Waals surface area contributed by atoms with Crippen LogP contribution in [0.5, 0.6) is 5.75 Å². The summed E-state index contributed by atoms with van der Waals surface area (Å²) in [7, 11) is -0.881. The van der Waals surface area contributed by atoms with Crippen LogP contribution in [0.25, 0.3) is 0 Å². The fourth-order valence-electron chi connectivity index (χ4n) is 5.73. The van der Waals surface area contributed by atoms with E-state index in [0.29, 0.717) is 31.6 Å². The zero-order valence-electron chi connectivity index (χ0n) is 34.4. The summed E-state index contributed by atoms with van der Waals surface area (Å²) in [6.07, 6.45) is 14.0. The maximum absolute atomic E-state index is 13.2. The summed E-state index contributed by atoms with van der Waals surface area (Å²) in [5.41, 5.74) is 0.721. The first kappa shape index (κ1) is 48.9. The van der Waals surface area contributed by atoms with E-state index >= 15 is 0 Å². The van der Waals surface area contributed by atoms with Gasteiger partial charge in [0.15, 0.2) is 0 Å². The number of ether oxygens (including phenoxy) is 3. The molecule has 3 amide bonds. The lowest BCUT2D eigenvalue weighted by Gasteiger charge is -2.24. The molecule has 0 aliphatic rings. The highest BCUT2D eigenvalue weighted by atomic mass is 31.2. The Balaban J connectivity index is 2.94. The van der Waals surface area contributed by atoms with E-state index in [-0.39, 0.29) is 31.9 Å². The first-order chi connectivity index (χ1) is 25.7. The Morgan fingerprint density at radius 2 is 1.46 bits per heavy atom. The molecule has 0 heterocycles. The van der Waals surface area contributed by atoms with Gasteiger partial charge in [-0.25, -0.2) is 9.59 Å². The second kappa shape index (κ2) is 27.4. The van der Waals surface area contributed by atoms with E-state index in [1.165, 1.54) is 70.4 Å². The molecule has 0 aliphatic carbocycles. The molecule has 0 saturated heterocycles. The molecule has 2 N–H and O–H groups in total. The summed E-state index contributed by atoms with van der Waals surface area (Å²) < 4.78 is 39.9. The van der Waals surface area contributed by atoms with Gasteiger partial charge in [-0.15, -0.1) is 0 Å². The smallest absolute Gasteiger partial charge is 0.407 e. The van der Waals surface area contributed by atoms with Crippen LogP contribution in [0.3, 0.4) is 0 Å². The fraction of sp³-hybridized carbons (Fsp3) is 0.750. The van der Waals surface area contributed by atoms with Crippen LogP contribution in [0.2, 0.25) is 0 Å². The third kappa shape index (κ3) is 22.3. The van der Waals surface area contributed by atoms with Crippen LogP contribution in [-0.4, -0.2) is 93.6 Å². The lowest BCUT2D eigenvalue weighted by atomic mass is 10.0. The van der Waals surface area contributed by atoms with Crippen LogP contribution in [0.15, 0.2) is 18.2 Å². The van der Waals surface area contributed by atoms with Crippen molar-refractivity contribution in [3.63, 3.8) is 0 Å². The van der Waals surface area contributed by atoms with Gasteiger partial charge in [0.05, 0.1) is 32.9 Å². The molecule has 1 rings (SSSR count). The van der Waals surface area contributed by atoms with E-state index in [2.05, 4.69) is 17.6 Å². The van der Waals surface area contributed by atoms with Gasteiger partial charge < -0.3 is 38.8 Å². The number of esters is 1. The van der Waals surface area contributed by atoms with Gasteiger partial charge in [-0.05, 0) is 84.4 Å². The topological polar surface area (TPSA) is 159 Å². The number of unbranched alkanes of at least 4 members (excludes halogenated alkanes) is 10. The zero-order chi connectivity index (χ0) is 40.4. The molecule has 1 aromatic carbocycles. The van der Waals surface area contributed by atoms with E-state index < -0.39 is 49.3 Å². The number of likely N-dealkylation sites (N-methyl/N-ethyl adjacent to an activating group) is 1. The molecule has 0 radical (unpaired) electrons. The van der Waals surface area contributed by atoms with Gasteiger partial charge in [-0.2, -0.15) is 0 Å². The van der Waals surface area contributed by atoms with Crippen molar-refractivity contribution in [3.8, 4) is 5.75 Å². The Kier molecular flexibility index (Phi) is 24.8. The Hall–Kier alpha value is -3.15. The van der Waals surface area contributed by atoms with Gasteiger partial charge in [0.25, 0.3) is 0 Å². The number of hydrogen-bond donors (Lipinski definition) is 2. The van der Waals surface area contributed by atoms with Crippen LogP contribution >= 0.6 is 7.60 Å². The molecule has 0 saturated carbocycles. The molecule has 0 aliphatic heterocycles. The SMILES string of the molecule is CCCCCCCCCCCCc1ccc(C(=O)OC)c(OC[C@H](CCCCNC(=O)OC(C)(C)C)NC(=O)CN(C)C(=O)CP(=O)(OCC)OCC)c1. The normalized spacial score (nSPS) is 12.1. The number of benzene rings is 1. The largest absolute Gasteiger partial charge is 0.491 e. The number of carbonyl (C=O) groups is 4. The highest BCUT2D eigenvalue weighted by molar-refractivity contribution is 7.54. The molecule has 14 heteroatoms. The van der Waals surface area contributed by atoms with Gasteiger partial charge in [0.1, 0.15) is 29.7 Å². The van der Waals surface area contributed by atoms with Crippen molar-refractivity contribution in [1.29, 1.82) is 0 Å². The molecule has 13 nitrogen and oxygen atoms in total. The zero-order valence-corrected chi connectivity index (χ0v) is 35.3. The summed E-state index contributed by atoms with van der Waals surface area (Å²) in [4.78, 5) is 52.0. The number of nitrogens with zero attached hydrogens (tertiary/aromatic N) is 1. The molecule has 1 aromatic rings. The summed E-state index contributed by atoms with van der Waals surface area (Å²) in [6.45, 7) is 11.3. The Bertz CT molecular complexity index is 1290. The number of rotatable bonds is 29. The number of nitrogens with one attached hydrogen (secondary N) is 2. The van der Waals surface area contributed by atoms with E-state index in [4.69, 9.17) is 23.3 Å². The van der Waals surface area contributed by atoms with Gasteiger partial charge >= 0.3 is 19.7 Å². The Morgan fingerprint density at radius 3 is 2.04 bits per heavy atom. The summed E-state index contributed by atoms with van der Waals surface area (Å²) in [6, 6.07) is 5.00. The average Bonchev–Trinajstić information content (AvgIpc) is 3.10.